The number of ether oxygens (including phenoxy) is 2. The molecule has 0 amide bonds. The predicted molar refractivity (Wildman–Crippen MR) is 128 cm³/mol. The van der Waals surface area contributed by atoms with Crippen molar-refractivity contribution in [3.8, 4) is 11.5 Å². The SMILES string of the molecule is CC/C=C(\C[C@@H]1CC(C)(C)Oc2cc(C(C)(C)CCCCCCO)cc(O)c21)C(=O)OC. The summed E-state index contributed by atoms with van der Waals surface area (Å²) in [6, 6.07) is 3.96. The van der Waals surface area contributed by atoms with Gasteiger partial charge in [-0.3, -0.25) is 0 Å². The zero-order chi connectivity index (χ0) is 23.9. The summed E-state index contributed by atoms with van der Waals surface area (Å²) in [5.74, 6) is 0.625. The highest BCUT2D eigenvalue weighted by molar-refractivity contribution is 5.88. The Hall–Kier alpha value is -2.01. The van der Waals surface area contributed by atoms with Crippen LogP contribution in [0.4, 0.5) is 0 Å². The second-order valence-electron chi connectivity index (χ2n) is 10.3. The molecule has 0 saturated carbocycles. The molecule has 0 aromatic heterocycles. The standard InChI is InChI=1S/C27H42O5/c1-7-12-19(25(30)31-6)15-20-18-27(4,5)32-23-17-21(16-22(29)24(20)23)26(2,3)13-10-8-9-11-14-28/h12,16-17,20,28-29H,7-11,13-15,18H2,1-6H3/b19-12+/t20-/m1/s1. The topological polar surface area (TPSA) is 76.0 Å². The Labute approximate surface area is 193 Å². The van der Waals surface area contributed by atoms with Gasteiger partial charge in [0.05, 0.1) is 7.11 Å². The Morgan fingerprint density at radius 1 is 1.25 bits per heavy atom. The largest absolute Gasteiger partial charge is 0.508 e. The summed E-state index contributed by atoms with van der Waals surface area (Å²) in [6.45, 7) is 10.8. The number of benzene rings is 1. The minimum Gasteiger partial charge on any atom is -0.508 e. The van der Waals surface area contributed by atoms with Crippen molar-refractivity contribution in [1.29, 1.82) is 0 Å². The number of rotatable bonds is 11. The average molecular weight is 447 g/mol. The maximum Gasteiger partial charge on any atom is 0.333 e. The Morgan fingerprint density at radius 3 is 2.56 bits per heavy atom. The van der Waals surface area contributed by atoms with Gasteiger partial charge in [-0.05, 0) is 75.0 Å². The average Bonchev–Trinajstić information content (AvgIpc) is 2.71. The minimum atomic E-state index is -0.398. The van der Waals surface area contributed by atoms with Crippen LogP contribution in [0.25, 0.3) is 0 Å². The van der Waals surface area contributed by atoms with Crippen LogP contribution in [-0.2, 0) is 14.9 Å². The molecule has 1 aliphatic heterocycles. The zero-order valence-corrected chi connectivity index (χ0v) is 20.8. The van der Waals surface area contributed by atoms with Crippen molar-refractivity contribution in [2.45, 2.75) is 103 Å². The van der Waals surface area contributed by atoms with Gasteiger partial charge in [0.25, 0.3) is 0 Å². The molecule has 32 heavy (non-hydrogen) atoms. The van der Waals surface area contributed by atoms with E-state index in [1.807, 2.05) is 19.1 Å². The third-order valence-electron chi connectivity index (χ3n) is 6.51. The van der Waals surface area contributed by atoms with Crippen molar-refractivity contribution in [3.05, 3.63) is 34.9 Å². The Kier molecular flexibility index (Phi) is 9.20. The molecule has 2 N–H and O–H groups in total. The minimum absolute atomic E-state index is 0.0266. The van der Waals surface area contributed by atoms with Gasteiger partial charge in [-0.1, -0.05) is 46.1 Å². The molecule has 2 rings (SSSR count). The number of phenols is 1. The van der Waals surface area contributed by atoms with Gasteiger partial charge < -0.3 is 19.7 Å². The summed E-state index contributed by atoms with van der Waals surface area (Å²) < 4.78 is 11.3. The molecule has 1 heterocycles. The molecule has 1 aliphatic rings. The third kappa shape index (κ3) is 6.74. The molecule has 5 nitrogen and oxygen atoms in total. The smallest absolute Gasteiger partial charge is 0.333 e. The van der Waals surface area contributed by atoms with E-state index in [0.717, 1.165) is 55.4 Å². The molecule has 1 aromatic carbocycles. The van der Waals surface area contributed by atoms with Crippen LogP contribution in [0.3, 0.4) is 0 Å². The molecule has 0 saturated heterocycles. The Bertz CT molecular complexity index is 807. The Balaban J connectivity index is 2.34. The number of phenolic OH excluding ortho intramolecular Hbond substituents is 1. The predicted octanol–water partition coefficient (Wildman–Crippen LogP) is 6.16. The number of carbonyl (C=O) groups is 1. The molecule has 1 aromatic rings. The van der Waals surface area contributed by atoms with E-state index < -0.39 is 5.60 Å². The summed E-state index contributed by atoms with van der Waals surface area (Å²) in [5, 5.41) is 20.0. The van der Waals surface area contributed by atoms with E-state index in [-0.39, 0.29) is 29.7 Å². The van der Waals surface area contributed by atoms with Crippen LogP contribution in [0.5, 0.6) is 11.5 Å². The van der Waals surface area contributed by atoms with E-state index >= 15 is 0 Å². The first-order chi connectivity index (χ1) is 15.0. The second kappa shape index (κ2) is 11.2. The van der Waals surface area contributed by atoms with Gasteiger partial charge in [0, 0.05) is 17.7 Å². The molecule has 1 atom stereocenters. The molecule has 0 radical (unpaired) electrons. The summed E-state index contributed by atoms with van der Waals surface area (Å²) in [5.41, 5.74) is 1.99. The summed E-state index contributed by atoms with van der Waals surface area (Å²) in [6.07, 6.45) is 8.94. The van der Waals surface area contributed by atoms with Crippen molar-refractivity contribution in [1.82, 2.24) is 0 Å². The number of esters is 1. The van der Waals surface area contributed by atoms with Crippen LogP contribution in [0, 0.1) is 0 Å². The molecule has 0 unspecified atom stereocenters. The van der Waals surface area contributed by atoms with Crippen LogP contribution in [-0.4, -0.2) is 35.5 Å². The maximum absolute atomic E-state index is 12.3. The molecular formula is C27H42O5. The normalized spacial score (nSPS) is 18.1. The highest BCUT2D eigenvalue weighted by Gasteiger charge is 2.38. The number of carbonyl (C=O) groups excluding carboxylic acids is 1. The molecule has 0 bridgehead atoms. The van der Waals surface area contributed by atoms with Crippen molar-refractivity contribution in [3.63, 3.8) is 0 Å². The second-order valence-corrected chi connectivity index (χ2v) is 10.3. The van der Waals surface area contributed by atoms with Crippen LogP contribution >= 0.6 is 0 Å². The fraction of sp³-hybridized carbons (Fsp3) is 0.667. The quantitative estimate of drug-likeness (QED) is 0.242. The number of aliphatic hydroxyl groups excluding tert-OH is 1. The molecular weight excluding hydrogens is 404 g/mol. The number of allylic oxidation sites excluding steroid dienone is 1. The van der Waals surface area contributed by atoms with Gasteiger partial charge in [-0.15, -0.1) is 0 Å². The van der Waals surface area contributed by atoms with E-state index in [1.165, 1.54) is 7.11 Å². The van der Waals surface area contributed by atoms with Crippen molar-refractivity contribution >= 4 is 5.97 Å². The maximum atomic E-state index is 12.3. The van der Waals surface area contributed by atoms with Gasteiger partial charge >= 0.3 is 5.97 Å². The summed E-state index contributed by atoms with van der Waals surface area (Å²) in [7, 11) is 1.41. The van der Waals surface area contributed by atoms with Crippen LogP contribution < -0.4 is 4.74 Å². The molecule has 0 spiro atoms. The van der Waals surface area contributed by atoms with Crippen LogP contribution in [0.15, 0.2) is 23.8 Å². The lowest BCUT2D eigenvalue weighted by Gasteiger charge is -2.39. The number of unbranched alkanes of at least 4 members (excludes halogenated alkanes) is 3. The fourth-order valence-electron chi connectivity index (χ4n) is 4.78. The number of methoxy groups -OCH3 is 1. The highest BCUT2D eigenvalue weighted by atomic mass is 16.5. The first-order valence-corrected chi connectivity index (χ1v) is 12.0. The molecule has 5 heteroatoms. The molecule has 180 valence electrons. The fourth-order valence-corrected chi connectivity index (χ4v) is 4.78. The lowest BCUT2D eigenvalue weighted by Crippen LogP contribution is -2.35. The van der Waals surface area contributed by atoms with Gasteiger partial charge in [-0.25, -0.2) is 4.79 Å². The lowest BCUT2D eigenvalue weighted by molar-refractivity contribution is -0.136. The Morgan fingerprint density at radius 2 is 1.94 bits per heavy atom. The van der Waals surface area contributed by atoms with Gasteiger partial charge in [0.2, 0.25) is 0 Å². The van der Waals surface area contributed by atoms with Crippen molar-refractivity contribution in [2.24, 2.45) is 0 Å². The van der Waals surface area contributed by atoms with E-state index in [4.69, 9.17) is 14.6 Å². The molecule has 0 fully saturated rings. The van der Waals surface area contributed by atoms with Gasteiger partial charge in [-0.2, -0.15) is 0 Å². The third-order valence-corrected chi connectivity index (χ3v) is 6.51. The number of aromatic hydroxyl groups is 1. The van der Waals surface area contributed by atoms with E-state index in [0.29, 0.717) is 18.4 Å². The van der Waals surface area contributed by atoms with E-state index in [1.54, 1.807) is 0 Å². The van der Waals surface area contributed by atoms with Crippen molar-refractivity contribution in [2.75, 3.05) is 13.7 Å². The number of aliphatic hydroxyl groups is 1. The molecule has 0 aliphatic carbocycles. The van der Waals surface area contributed by atoms with E-state index in [9.17, 15) is 9.90 Å². The van der Waals surface area contributed by atoms with Crippen LogP contribution in [0.1, 0.15) is 103 Å². The van der Waals surface area contributed by atoms with Gasteiger partial charge in [0.1, 0.15) is 17.1 Å². The summed E-state index contributed by atoms with van der Waals surface area (Å²) in [4.78, 5) is 12.3. The number of hydrogen-bond donors (Lipinski definition) is 2. The number of fused-ring (bicyclic) bond motifs is 1. The zero-order valence-electron chi connectivity index (χ0n) is 20.8. The first-order valence-electron chi connectivity index (χ1n) is 12.0. The van der Waals surface area contributed by atoms with Crippen LogP contribution in [0.2, 0.25) is 0 Å². The summed E-state index contributed by atoms with van der Waals surface area (Å²) >= 11 is 0. The monoisotopic (exact) mass is 446 g/mol. The van der Waals surface area contributed by atoms with Gasteiger partial charge in [0.15, 0.2) is 0 Å². The highest BCUT2D eigenvalue weighted by Crippen LogP contribution is 2.49. The van der Waals surface area contributed by atoms with E-state index in [2.05, 4.69) is 33.8 Å². The number of hydrogen-bond acceptors (Lipinski definition) is 5. The van der Waals surface area contributed by atoms with Crippen molar-refractivity contribution < 1.29 is 24.5 Å². The lowest BCUT2D eigenvalue weighted by atomic mass is 9.76. The first kappa shape index (κ1) is 26.2.